The molecule has 0 aliphatic carbocycles. The average Bonchev–Trinajstić information content (AvgIpc) is 1.35. The van der Waals surface area contributed by atoms with Crippen LogP contribution in [0.15, 0.2) is 0 Å². The van der Waals surface area contributed by atoms with E-state index in [9.17, 15) is 13.2 Å². The van der Waals surface area contributed by atoms with Crippen LogP contribution in [0, 0.1) is 0 Å². The summed E-state index contributed by atoms with van der Waals surface area (Å²) in [4.78, 5) is 0.576. The van der Waals surface area contributed by atoms with Crippen molar-refractivity contribution in [1.82, 2.24) is 4.84 Å². The van der Waals surface area contributed by atoms with Crippen molar-refractivity contribution in [1.29, 1.82) is 0 Å². The van der Waals surface area contributed by atoms with Gasteiger partial charge in [-0.25, -0.2) is 0 Å². The zero-order valence-electron chi connectivity index (χ0n) is 2.51. The van der Waals surface area contributed by atoms with E-state index >= 15 is 0 Å². The van der Waals surface area contributed by atoms with Crippen LogP contribution in [0.1, 0.15) is 0 Å². The number of hydrogen-bond donors (Lipinski definition) is 1. The Hall–Kier alpha value is 0.0400. The summed E-state index contributed by atoms with van der Waals surface area (Å²) in [6.07, 6.45) is -4.44. The van der Waals surface area contributed by atoms with E-state index in [4.69, 9.17) is 0 Å². The van der Waals surface area contributed by atoms with Crippen LogP contribution < -0.4 is 4.84 Å². The fourth-order valence-electron chi connectivity index (χ4n) is 0. The van der Waals surface area contributed by atoms with E-state index in [2.05, 4.69) is 11.8 Å². The van der Waals surface area contributed by atoms with Gasteiger partial charge >= 0.3 is 6.30 Å². The van der Waals surface area contributed by atoms with E-state index in [0.29, 0.717) is 4.84 Å². The Morgan fingerprint density at radius 2 is 1.50 bits per heavy atom. The molecule has 6 heavy (non-hydrogen) atoms. The van der Waals surface area contributed by atoms with Crippen molar-refractivity contribution in [2.45, 2.75) is 6.30 Å². The Bertz CT molecular complexity index is 40.5. The third-order valence-corrected chi connectivity index (χ3v) is 0.321. The lowest BCUT2D eigenvalue weighted by Crippen LogP contribution is -2.21. The van der Waals surface area contributed by atoms with Gasteiger partial charge < -0.3 is 0 Å². The molecule has 0 bridgehead atoms. The summed E-state index contributed by atoms with van der Waals surface area (Å²) in [5.74, 6) is 0. The van der Waals surface area contributed by atoms with Crippen molar-refractivity contribution < 1.29 is 13.2 Å². The molecule has 0 saturated heterocycles. The molecule has 1 N–H and O–H groups in total. The van der Waals surface area contributed by atoms with Crippen LogP contribution in [-0.2, 0) is 0 Å². The highest BCUT2D eigenvalue weighted by Crippen LogP contribution is 2.08. The van der Waals surface area contributed by atoms with Gasteiger partial charge in [-0.05, 0) is 11.8 Å². The average molecular weight is 119 g/mol. The first-order valence-corrected chi connectivity index (χ1v) is 1.38. The molecule has 0 aromatic heterocycles. The van der Waals surface area contributed by atoms with E-state index in [0.717, 1.165) is 0 Å². The zero-order chi connectivity index (χ0) is 5.21. The summed E-state index contributed by atoms with van der Waals surface area (Å²) in [6, 6.07) is 0. The van der Waals surface area contributed by atoms with Gasteiger partial charge in [0.25, 0.3) is 0 Å². The molecule has 0 spiro atoms. The van der Waals surface area contributed by atoms with Gasteiger partial charge in [0.05, 0.1) is 0 Å². The topological polar surface area (TPSA) is 12.0 Å². The predicted molar refractivity (Wildman–Crippen MR) is 15.0 cm³/mol. The largest absolute Gasteiger partial charge is 0.471 e. The Morgan fingerprint density at radius 1 is 1.33 bits per heavy atom. The monoisotopic (exact) mass is 119 g/mol. The van der Waals surface area contributed by atoms with E-state index in [1.807, 2.05) is 0 Å². The minimum absolute atomic E-state index is 0.576. The number of nitrogens with one attached hydrogen (secondary N) is 1. The van der Waals surface area contributed by atoms with Crippen LogP contribution >= 0.6 is 11.8 Å². The molecule has 0 atom stereocenters. The highest BCUT2D eigenvalue weighted by Gasteiger charge is 2.24. The molecule has 0 radical (unpaired) electrons. The van der Waals surface area contributed by atoms with Crippen LogP contribution in [0.3, 0.4) is 0 Å². The summed E-state index contributed by atoms with van der Waals surface area (Å²) in [7, 11) is 0. The molecular weight excluding hydrogens is 118 g/mol. The molecule has 38 valence electrons. The maximum atomic E-state index is 10.5. The molecule has 0 aliphatic rings. The Labute approximate surface area is 37.2 Å². The number of alkyl halides is 3. The first-order valence-electron chi connectivity index (χ1n) is 1.01. The van der Waals surface area contributed by atoms with Gasteiger partial charge in [0.1, 0.15) is 0 Å². The standard InChI is InChI=1S/CHClF3N/c2-6-1(3,4)5/h6H. The minimum atomic E-state index is -4.44. The van der Waals surface area contributed by atoms with E-state index in [1.54, 1.807) is 0 Å². The third-order valence-electron chi connectivity index (χ3n) is 0.107. The molecule has 0 aliphatic heterocycles. The quantitative estimate of drug-likeness (QED) is 0.374. The van der Waals surface area contributed by atoms with E-state index in [1.165, 1.54) is 0 Å². The second-order valence-electron chi connectivity index (χ2n) is 0.592. The van der Waals surface area contributed by atoms with Crippen molar-refractivity contribution in [3.05, 3.63) is 0 Å². The SMILES string of the molecule is FC(F)(F)NCl. The second-order valence-corrected chi connectivity index (χ2v) is 0.781. The first-order chi connectivity index (χ1) is 2.56. The number of halogens is 4. The van der Waals surface area contributed by atoms with Gasteiger partial charge in [0.2, 0.25) is 0 Å². The molecule has 0 fully saturated rings. The van der Waals surface area contributed by atoms with Crippen LogP contribution in [0.25, 0.3) is 0 Å². The molecule has 0 aromatic carbocycles. The van der Waals surface area contributed by atoms with Crippen molar-refractivity contribution in [2.75, 3.05) is 0 Å². The molecule has 1 nitrogen and oxygen atoms in total. The molecule has 0 amide bonds. The number of rotatable bonds is 0. The van der Waals surface area contributed by atoms with Crippen molar-refractivity contribution >= 4 is 11.8 Å². The molecule has 0 unspecified atom stereocenters. The lowest BCUT2D eigenvalue weighted by Gasteiger charge is -1.96. The molecule has 5 heteroatoms. The zero-order valence-corrected chi connectivity index (χ0v) is 3.27. The third kappa shape index (κ3) is 4.04. The maximum Gasteiger partial charge on any atom is 0.471 e. The Kier molecular flexibility index (Phi) is 1.67. The molecule has 0 heterocycles. The summed E-state index contributed by atoms with van der Waals surface area (Å²) in [5, 5.41) is 0. The van der Waals surface area contributed by atoms with Gasteiger partial charge in [-0.1, -0.05) is 0 Å². The lowest BCUT2D eigenvalue weighted by molar-refractivity contribution is -0.138. The Morgan fingerprint density at radius 3 is 1.50 bits per heavy atom. The van der Waals surface area contributed by atoms with Crippen LogP contribution in [-0.4, -0.2) is 6.30 Å². The van der Waals surface area contributed by atoms with Gasteiger partial charge in [0, 0.05) is 0 Å². The fourth-order valence-corrected chi connectivity index (χ4v) is 0. The van der Waals surface area contributed by atoms with Crippen molar-refractivity contribution in [3.8, 4) is 0 Å². The Balaban J connectivity index is 3.17. The maximum absolute atomic E-state index is 10.5. The summed E-state index contributed by atoms with van der Waals surface area (Å²) in [6.45, 7) is 0. The second kappa shape index (κ2) is 1.66. The van der Waals surface area contributed by atoms with Crippen molar-refractivity contribution in [2.24, 2.45) is 0 Å². The first kappa shape index (κ1) is 6.04. The highest BCUT2D eigenvalue weighted by atomic mass is 35.5. The fraction of sp³-hybridized carbons (Fsp3) is 1.00. The molecule has 0 saturated carbocycles. The van der Waals surface area contributed by atoms with Gasteiger partial charge in [-0.15, -0.1) is 4.84 Å². The summed E-state index contributed by atoms with van der Waals surface area (Å²) < 4.78 is 31.6. The summed E-state index contributed by atoms with van der Waals surface area (Å²) >= 11 is 4.10. The normalized spacial score (nSPS) is 12.0. The highest BCUT2D eigenvalue weighted by molar-refractivity contribution is 6.13. The summed E-state index contributed by atoms with van der Waals surface area (Å²) in [5.41, 5.74) is 0. The van der Waals surface area contributed by atoms with E-state index in [-0.39, 0.29) is 0 Å². The molecule has 0 aromatic rings. The van der Waals surface area contributed by atoms with Gasteiger partial charge in [-0.2, -0.15) is 13.2 Å². The number of hydrogen-bond acceptors (Lipinski definition) is 1. The van der Waals surface area contributed by atoms with E-state index < -0.39 is 6.30 Å². The smallest absolute Gasteiger partial charge is 0.155 e. The van der Waals surface area contributed by atoms with Crippen LogP contribution in [0.4, 0.5) is 13.2 Å². The lowest BCUT2D eigenvalue weighted by atomic mass is 11.3. The molecular formula is CHClF3N. The van der Waals surface area contributed by atoms with Gasteiger partial charge in [-0.3, -0.25) is 0 Å². The van der Waals surface area contributed by atoms with Gasteiger partial charge in [0.15, 0.2) is 0 Å². The van der Waals surface area contributed by atoms with Crippen LogP contribution in [0.2, 0.25) is 0 Å². The van der Waals surface area contributed by atoms with Crippen molar-refractivity contribution in [3.63, 3.8) is 0 Å². The predicted octanol–water partition coefficient (Wildman–Crippen LogP) is 1.25. The minimum Gasteiger partial charge on any atom is -0.155 e. The molecule has 0 rings (SSSR count). The van der Waals surface area contributed by atoms with Crippen LogP contribution in [0.5, 0.6) is 0 Å².